The summed E-state index contributed by atoms with van der Waals surface area (Å²) in [4.78, 5) is 24.4. The molecule has 2 unspecified atom stereocenters. The van der Waals surface area contributed by atoms with E-state index in [4.69, 9.17) is 4.74 Å². The molecule has 2 atom stereocenters. The van der Waals surface area contributed by atoms with Crippen molar-refractivity contribution in [3.63, 3.8) is 0 Å². The minimum absolute atomic E-state index is 0.0284. The highest BCUT2D eigenvalue weighted by Crippen LogP contribution is 2.16. The second-order valence-corrected chi connectivity index (χ2v) is 16.1. The number of hydrogen-bond donors (Lipinski definition) is 3. The first-order chi connectivity index (χ1) is 26.0. The van der Waals surface area contributed by atoms with E-state index in [0.29, 0.717) is 25.9 Å². The minimum Gasteiger partial charge on any atom is -0.466 e. The standard InChI is InChI=1S/C47H91NO5/c1-3-5-7-9-11-13-14-15-16-17-18-21-25-29-33-37-41-47(52)53-42-38-34-30-26-22-19-20-24-28-32-36-40-46(51)48-44(43-49)45(50)39-35-31-27-23-12-10-8-6-4-2/h22,26,44-45,49-50H,3-21,23-25,27-43H2,1-2H3,(H,48,51)/b26-22-. The van der Waals surface area contributed by atoms with E-state index in [-0.39, 0.29) is 18.5 Å². The Balaban J connectivity index is 3.48. The summed E-state index contributed by atoms with van der Waals surface area (Å²) < 4.78 is 5.43. The average Bonchev–Trinajstić information content (AvgIpc) is 3.16. The predicted octanol–water partition coefficient (Wildman–Crippen LogP) is 13.4. The van der Waals surface area contributed by atoms with Gasteiger partial charge in [-0.25, -0.2) is 0 Å². The van der Waals surface area contributed by atoms with Gasteiger partial charge in [0.05, 0.1) is 25.4 Å². The first kappa shape index (κ1) is 51.6. The van der Waals surface area contributed by atoms with Crippen LogP contribution in [0.15, 0.2) is 12.2 Å². The molecule has 0 aromatic heterocycles. The highest BCUT2D eigenvalue weighted by atomic mass is 16.5. The molecule has 53 heavy (non-hydrogen) atoms. The van der Waals surface area contributed by atoms with Crippen LogP contribution in [0.25, 0.3) is 0 Å². The average molecular weight is 750 g/mol. The van der Waals surface area contributed by atoms with Crippen molar-refractivity contribution < 1.29 is 24.5 Å². The number of carbonyl (C=O) groups is 2. The van der Waals surface area contributed by atoms with E-state index in [1.807, 2.05) is 0 Å². The fourth-order valence-electron chi connectivity index (χ4n) is 7.16. The van der Waals surface area contributed by atoms with Gasteiger partial charge in [-0.3, -0.25) is 9.59 Å². The van der Waals surface area contributed by atoms with Crippen LogP contribution in [0.2, 0.25) is 0 Å². The summed E-state index contributed by atoms with van der Waals surface area (Å²) >= 11 is 0. The number of aliphatic hydroxyl groups excluding tert-OH is 2. The van der Waals surface area contributed by atoms with Gasteiger partial charge in [0, 0.05) is 12.8 Å². The SMILES string of the molecule is CCCCCCCCCCCCCCCCCCC(=O)OCCCC/C=C\CCCCCCCC(=O)NC(CO)C(O)CCCCCCCCCCC. The van der Waals surface area contributed by atoms with Crippen molar-refractivity contribution in [2.45, 2.75) is 264 Å². The fourth-order valence-corrected chi connectivity index (χ4v) is 7.16. The quantitative estimate of drug-likeness (QED) is 0.0328. The fraction of sp³-hybridized carbons (Fsp3) is 0.915. The Labute approximate surface area is 329 Å². The molecule has 314 valence electrons. The molecular formula is C47H91NO5. The molecule has 1 amide bonds. The minimum atomic E-state index is -0.678. The normalized spacial score (nSPS) is 12.8. The number of esters is 1. The maximum atomic E-state index is 12.4. The Kier molecular flexibility index (Phi) is 42.2. The van der Waals surface area contributed by atoms with E-state index in [1.165, 1.54) is 135 Å². The predicted molar refractivity (Wildman–Crippen MR) is 227 cm³/mol. The van der Waals surface area contributed by atoms with E-state index < -0.39 is 12.1 Å². The van der Waals surface area contributed by atoms with E-state index in [0.717, 1.165) is 83.5 Å². The summed E-state index contributed by atoms with van der Waals surface area (Å²) in [5.41, 5.74) is 0. The number of carbonyl (C=O) groups excluding carboxylic acids is 2. The van der Waals surface area contributed by atoms with Gasteiger partial charge in [0.1, 0.15) is 0 Å². The Morgan fingerprint density at radius 3 is 1.34 bits per heavy atom. The number of unbranched alkanes of at least 4 members (excludes halogenated alkanes) is 30. The van der Waals surface area contributed by atoms with Crippen LogP contribution in [0, 0.1) is 0 Å². The van der Waals surface area contributed by atoms with E-state index in [1.54, 1.807) is 0 Å². The van der Waals surface area contributed by atoms with Gasteiger partial charge in [-0.2, -0.15) is 0 Å². The van der Waals surface area contributed by atoms with Crippen LogP contribution >= 0.6 is 0 Å². The lowest BCUT2D eigenvalue weighted by molar-refractivity contribution is -0.143. The molecular weight excluding hydrogens is 659 g/mol. The lowest BCUT2D eigenvalue weighted by Gasteiger charge is -2.22. The molecule has 0 spiro atoms. The van der Waals surface area contributed by atoms with Gasteiger partial charge in [0.15, 0.2) is 0 Å². The number of nitrogens with one attached hydrogen (secondary N) is 1. The second-order valence-electron chi connectivity index (χ2n) is 16.1. The molecule has 0 fully saturated rings. The first-order valence-corrected chi connectivity index (χ1v) is 23.4. The molecule has 0 rings (SSSR count). The number of rotatable bonds is 43. The maximum absolute atomic E-state index is 12.4. The Morgan fingerprint density at radius 1 is 0.509 bits per heavy atom. The summed E-state index contributed by atoms with van der Waals surface area (Å²) in [7, 11) is 0. The van der Waals surface area contributed by atoms with Gasteiger partial charge >= 0.3 is 5.97 Å². The van der Waals surface area contributed by atoms with Crippen molar-refractivity contribution in [1.82, 2.24) is 5.32 Å². The zero-order chi connectivity index (χ0) is 38.7. The van der Waals surface area contributed by atoms with Crippen LogP contribution in [0.3, 0.4) is 0 Å². The molecule has 0 bridgehead atoms. The van der Waals surface area contributed by atoms with Crippen LogP contribution in [0.4, 0.5) is 0 Å². The highest BCUT2D eigenvalue weighted by Gasteiger charge is 2.20. The van der Waals surface area contributed by atoms with Gasteiger partial charge < -0.3 is 20.3 Å². The van der Waals surface area contributed by atoms with Gasteiger partial charge in [-0.1, -0.05) is 199 Å². The Morgan fingerprint density at radius 2 is 0.887 bits per heavy atom. The molecule has 0 aliphatic carbocycles. The van der Waals surface area contributed by atoms with Gasteiger partial charge in [-0.05, 0) is 51.4 Å². The highest BCUT2D eigenvalue weighted by molar-refractivity contribution is 5.76. The van der Waals surface area contributed by atoms with E-state index in [2.05, 4.69) is 31.3 Å². The van der Waals surface area contributed by atoms with Crippen LogP contribution in [-0.2, 0) is 14.3 Å². The van der Waals surface area contributed by atoms with Gasteiger partial charge in [0.2, 0.25) is 5.91 Å². The van der Waals surface area contributed by atoms with Crippen LogP contribution in [-0.4, -0.2) is 47.4 Å². The lowest BCUT2D eigenvalue weighted by atomic mass is 10.0. The number of amides is 1. The van der Waals surface area contributed by atoms with Crippen molar-refractivity contribution in [1.29, 1.82) is 0 Å². The Bertz CT molecular complexity index is 787. The van der Waals surface area contributed by atoms with Crippen LogP contribution in [0.1, 0.15) is 251 Å². The summed E-state index contributed by atoms with van der Waals surface area (Å²) in [6, 6.07) is -0.559. The lowest BCUT2D eigenvalue weighted by Crippen LogP contribution is -2.45. The molecule has 0 radical (unpaired) electrons. The smallest absolute Gasteiger partial charge is 0.305 e. The topological polar surface area (TPSA) is 95.9 Å². The molecule has 6 heteroatoms. The van der Waals surface area contributed by atoms with Gasteiger partial charge in [0.25, 0.3) is 0 Å². The molecule has 0 saturated carbocycles. The van der Waals surface area contributed by atoms with Crippen LogP contribution in [0.5, 0.6) is 0 Å². The number of aliphatic hydroxyl groups is 2. The third-order valence-corrected chi connectivity index (χ3v) is 10.8. The molecule has 6 nitrogen and oxygen atoms in total. The molecule has 0 aliphatic heterocycles. The third-order valence-electron chi connectivity index (χ3n) is 10.8. The van der Waals surface area contributed by atoms with Crippen molar-refractivity contribution >= 4 is 11.9 Å². The van der Waals surface area contributed by atoms with Crippen molar-refractivity contribution in [2.75, 3.05) is 13.2 Å². The van der Waals surface area contributed by atoms with Crippen molar-refractivity contribution in [3.05, 3.63) is 12.2 Å². The van der Waals surface area contributed by atoms with Crippen LogP contribution < -0.4 is 5.32 Å². The molecule has 3 N–H and O–H groups in total. The number of ether oxygens (including phenoxy) is 1. The molecule has 0 aromatic carbocycles. The Hall–Kier alpha value is -1.40. The molecule has 0 saturated heterocycles. The monoisotopic (exact) mass is 750 g/mol. The van der Waals surface area contributed by atoms with Crippen molar-refractivity contribution in [3.8, 4) is 0 Å². The summed E-state index contributed by atoms with van der Waals surface area (Å²) in [6.07, 6.45) is 47.5. The zero-order valence-corrected chi connectivity index (χ0v) is 35.5. The van der Waals surface area contributed by atoms with E-state index >= 15 is 0 Å². The molecule has 0 aliphatic rings. The molecule has 0 aromatic rings. The summed E-state index contributed by atoms with van der Waals surface area (Å²) in [5, 5.41) is 23.0. The number of hydrogen-bond acceptors (Lipinski definition) is 5. The second kappa shape index (κ2) is 43.3. The zero-order valence-electron chi connectivity index (χ0n) is 35.5. The first-order valence-electron chi connectivity index (χ1n) is 23.4. The number of allylic oxidation sites excluding steroid dienone is 2. The summed E-state index contributed by atoms with van der Waals surface area (Å²) in [6.45, 7) is 4.85. The van der Waals surface area contributed by atoms with E-state index in [9.17, 15) is 19.8 Å². The maximum Gasteiger partial charge on any atom is 0.305 e. The summed E-state index contributed by atoms with van der Waals surface area (Å²) in [5.74, 6) is -0.0949. The largest absolute Gasteiger partial charge is 0.466 e. The van der Waals surface area contributed by atoms with Gasteiger partial charge in [-0.15, -0.1) is 0 Å². The molecule has 0 heterocycles. The third kappa shape index (κ3) is 40.1. The van der Waals surface area contributed by atoms with Crippen molar-refractivity contribution in [2.24, 2.45) is 0 Å².